The highest BCUT2D eigenvalue weighted by Gasteiger charge is 2.13. The monoisotopic (exact) mass is 433 g/mol. The number of carbonyl (C=O) groups excluding carboxylic acids is 1. The number of halogens is 2. The van der Waals surface area contributed by atoms with Crippen LogP contribution >= 0.6 is 23.2 Å². The summed E-state index contributed by atoms with van der Waals surface area (Å²) < 4.78 is 7.84. The summed E-state index contributed by atoms with van der Waals surface area (Å²) in [4.78, 5) is 16.8. The number of amides is 1. The Morgan fingerprint density at radius 2 is 2.00 bits per heavy atom. The largest absolute Gasteiger partial charge is 0.492 e. The Morgan fingerprint density at radius 1 is 1.21 bits per heavy atom. The Balaban J connectivity index is 1.43. The maximum Gasteiger partial charge on any atom is 0.220 e. The van der Waals surface area contributed by atoms with Crippen LogP contribution in [0.25, 0.3) is 11.0 Å². The molecule has 29 heavy (non-hydrogen) atoms. The summed E-state index contributed by atoms with van der Waals surface area (Å²) in [7, 11) is 0. The molecule has 0 atom stereocenters. The third-order valence-electron chi connectivity index (χ3n) is 4.56. The van der Waals surface area contributed by atoms with Gasteiger partial charge in [0, 0.05) is 30.5 Å². The lowest BCUT2D eigenvalue weighted by Gasteiger charge is -2.13. The third kappa shape index (κ3) is 5.64. The first-order valence-corrected chi connectivity index (χ1v) is 10.5. The first-order chi connectivity index (χ1) is 14.0. The van der Waals surface area contributed by atoms with Crippen molar-refractivity contribution in [1.82, 2.24) is 14.9 Å². The van der Waals surface area contributed by atoms with Crippen LogP contribution in [0.3, 0.4) is 0 Å². The van der Waals surface area contributed by atoms with Crippen molar-refractivity contribution in [3.8, 4) is 5.75 Å². The molecule has 1 heterocycles. The van der Waals surface area contributed by atoms with Gasteiger partial charge in [-0.25, -0.2) is 4.98 Å². The zero-order valence-corrected chi connectivity index (χ0v) is 18.1. The van der Waals surface area contributed by atoms with Crippen LogP contribution in [0.1, 0.15) is 38.6 Å². The van der Waals surface area contributed by atoms with Gasteiger partial charge >= 0.3 is 0 Å². The Hall–Kier alpha value is -2.24. The van der Waals surface area contributed by atoms with Gasteiger partial charge in [-0.15, -0.1) is 0 Å². The predicted octanol–water partition coefficient (Wildman–Crippen LogP) is 5.44. The number of nitrogens with zero attached hydrogens (tertiary/aromatic N) is 2. The number of aromatic nitrogens is 2. The number of fused-ring (bicyclic) bond motifs is 1. The quantitative estimate of drug-likeness (QED) is 0.456. The zero-order chi connectivity index (χ0) is 20.8. The molecule has 0 aliphatic rings. The maximum atomic E-state index is 12.1. The topological polar surface area (TPSA) is 56.2 Å². The molecule has 1 aromatic heterocycles. The summed E-state index contributed by atoms with van der Waals surface area (Å²) in [5.74, 6) is 1.56. The van der Waals surface area contributed by atoms with E-state index in [4.69, 9.17) is 32.9 Å². The molecule has 0 aliphatic carbocycles. The molecule has 0 saturated heterocycles. The summed E-state index contributed by atoms with van der Waals surface area (Å²) in [5.41, 5.74) is 2.11. The lowest BCUT2D eigenvalue weighted by Crippen LogP contribution is -2.26. The molecule has 0 unspecified atom stereocenters. The van der Waals surface area contributed by atoms with E-state index < -0.39 is 0 Å². The molecule has 3 aromatic rings. The molecule has 0 spiro atoms. The SMILES string of the molecule is CC(C)n1c(CCNC(=O)CCCOc2ccc(Cl)cc2Cl)nc2ccccc21. The molecule has 1 amide bonds. The Morgan fingerprint density at radius 3 is 2.76 bits per heavy atom. The van der Waals surface area contributed by atoms with Crippen LogP contribution < -0.4 is 10.1 Å². The highest BCUT2D eigenvalue weighted by molar-refractivity contribution is 6.35. The predicted molar refractivity (Wildman–Crippen MR) is 118 cm³/mol. The number of rotatable bonds is 9. The van der Waals surface area contributed by atoms with Crippen molar-refractivity contribution in [1.29, 1.82) is 0 Å². The fraction of sp³-hybridized carbons (Fsp3) is 0.364. The van der Waals surface area contributed by atoms with Crippen LogP contribution in [0.15, 0.2) is 42.5 Å². The molecule has 3 rings (SSSR count). The molecule has 7 heteroatoms. The summed E-state index contributed by atoms with van der Waals surface area (Å²) in [6.45, 7) is 5.25. The molecule has 0 saturated carbocycles. The van der Waals surface area contributed by atoms with Crippen LogP contribution in [0.4, 0.5) is 0 Å². The maximum absolute atomic E-state index is 12.1. The molecule has 0 fully saturated rings. The van der Waals surface area contributed by atoms with Crippen molar-refractivity contribution in [2.45, 2.75) is 39.2 Å². The number of hydrogen-bond acceptors (Lipinski definition) is 3. The average Bonchev–Trinajstić information content (AvgIpc) is 3.05. The fourth-order valence-electron chi connectivity index (χ4n) is 3.26. The average molecular weight is 434 g/mol. The second-order valence-electron chi connectivity index (χ2n) is 7.11. The third-order valence-corrected chi connectivity index (χ3v) is 5.09. The lowest BCUT2D eigenvalue weighted by atomic mass is 10.2. The van der Waals surface area contributed by atoms with Gasteiger partial charge < -0.3 is 14.6 Å². The van der Waals surface area contributed by atoms with E-state index in [1.165, 1.54) is 0 Å². The minimum absolute atomic E-state index is 0.00279. The highest BCUT2D eigenvalue weighted by atomic mass is 35.5. The second-order valence-corrected chi connectivity index (χ2v) is 7.95. The van der Waals surface area contributed by atoms with Gasteiger partial charge in [-0.05, 0) is 50.6 Å². The standard InChI is InChI=1S/C22H25Cl2N3O2/c1-15(2)27-19-7-4-3-6-18(19)26-21(27)11-12-25-22(28)8-5-13-29-20-10-9-16(23)14-17(20)24/h3-4,6-7,9-10,14-15H,5,8,11-13H2,1-2H3,(H,25,28). The molecule has 0 radical (unpaired) electrons. The Kier molecular flexibility index (Phi) is 7.40. The molecule has 0 bridgehead atoms. The zero-order valence-electron chi connectivity index (χ0n) is 16.6. The molecule has 154 valence electrons. The second kappa shape index (κ2) is 9.99. The molecule has 1 N–H and O–H groups in total. The van der Waals surface area contributed by atoms with Crippen LogP contribution in [0.2, 0.25) is 10.0 Å². The number of para-hydroxylation sites is 2. The minimum Gasteiger partial charge on any atom is -0.492 e. The van der Waals surface area contributed by atoms with Crippen molar-refractivity contribution in [2.75, 3.05) is 13.2 Å². The minimum atomic E-state index is 0.00279. The van der Waals surface area contributed by atoms with E-state index in [2.05, 4.69) is 29.8 Å². The molecular formula is C22H25Cl2N3O2. The van der Waals surface area contributed by atoms with E-state index in [0.29, 0.717) is 54.3 Å². The number of hydrogen-bond donors (Lipinski definition) is 1. The molecule has 2 aromatic carbocycles. The van der Waals surface area contributed by atoms with E-state index in [9.17, 15) is 4.79 Å². The van der Waals surface area contributed by atoms with Gasteiger partial charge in [-0.3, -0.25) is 4.79 Å². The van der Waals surface area contributed by atoms with Crippen molar-refractivity contribution in [2.24, 2.45) is 0 Å². The molecular weight excluding hydrogens is 409 g/mol. The van der Waals surface area contributed by atoms with Crippen LogP contribution in [0, 0.1) is 0 Å². The fourth-order valence-corrected chi connectivity index (χ4v) is 3.72. The van der Waals surface area contributed by atoms with Crippen molar-refractivity contribution in [3.63, 3.8) is 0 Å². The number of carbonyl (C=O) groups is 1. The molecule has 0 aliphatic heterocycles. The van der Waals surface area contributed by atoms with Crippen LogP contribution in [0.5, 0.6) is 5.75 Å². The Bertz CT molecular complexity index is 985. The van der Waals surface area contributed by atoms with Gasteiger partial charge in [0.05, 0.1) is 22.7 Å². The first kappa shape index (κ1) is 21.5. The van der Waals surface area contributed by atoms with Crippen molar-refractivity contribution in [3.05, 3.63) is 58.3 Å². The van der Waals surface area contributed by atoms with Gasteiger partial charge in [0.25, 0.3) is 0 Å². The Labute approximate surface area is 181 Å². The number of benzene rings is 2. The van der Waals surface area contributed by atoms with Gasteiger partial charge in [-0.1, -0.05) is 35.3 Å². The van der Waals surface area contributed by atoms with Gasteiger partial charge in [-0.2, -0.15) is 0 Å². The van der Waals surface area contributed by atoms with Gasteiger partial charge in [0.1, 0.15) is 11.6 Å². The first-order valence-electron chi connectivity index (χ1n) is 9.76. The van der Waals surface area contributed by atoms with E-state index in [1.807, 2.05) is 18.2 Å². The van der Waals surface area contributed by atoms with Crippen LogP contribution in [-0.2, 0) is 11.2 Å². The van der Waals surface area contributed by atoms with E-state index >= 15 is 0 Å². The number of nitrogens with one attached hydrogen (secondary N) is 1. The number of imidazole rings is 1. The summed E-state index contributed by atoms with van der Waals surface area (Å²) in [6.07, 6.45) is 1.69. The number of ether oxygens (including phenoxy) is 1. The summed E-state index contributed by atoms with van der Waals surface area (Å²) >= 11 is 11.9. The van der Waals surface area contributed by atoms with Gasteiger partial charge in [0.2, 0.25) is 5.91 Å². The van der Waals surface area contributed by atoms with E-state index in [0.717, 1.165) is 16.9 Å². The molecule has 5 nitrogen and oxygen atoms in total. The van der Waals surface area contributed by atoms with Gasteiger partial charge in [0.15, 0.2) is 0 Å². The van der Waals surface area contributed by atoms with Crippen molar-refractivity contribution < 1.29 is 9.53 Å². The summed E-state index contributed by atoms with van der Waals surface area (Å²) in [6, 6.07) is 13.5. The highest BCUT2D eigenvalue weighted by Crippen LogP contribution is 2.27. The van der Waals surface area contributed by atoms with E-state index in [1.54, 1.807) is 18.2 Å². The van der Waals surface area contributed by atoms with Crippen molar-refractivity contribution >= 4 is 40.1 Å². The van der Waals surface area contributed by atoms with Crippen LogP contribution in [-0.4, -0.2) is 28.6 Å². The lowest BCUT2D eigenvalue weighted by molar-refractivity contribution is -0.121. The smallest absolute Gasteiger partial charge is 0.220 e. The normalized spacial score (nSPS) is 11.2. The van der Waals surface area contributed by atoms with E-state index in [-0.39, 0.29) is 5.91 Å². The summed E-state index contributed by atoms with van der Waals surface area (Å²) in [5, 5.41) is 4.00.